The molecular formula is C13H14BrN3S2. The summed E-state index contributed by atoms with van der Waals surface area (Å²) in [6.45, 7) is 4.16. The molecule has 2 aromatic rings. The van der Waals surface area contributed by atoms with E-state index >= 15 is 0 Å². The number of nitrogens with one attached hydrogen (secondary N) is 1. The third-order valence-corrected chi connectivity index (χ3v) is 4.64. The van der Waals surface area contributed by atoms with Crippen LogP contribution in [0.5, 0.6) is 0 Å². The van der Waals surface area contributed by atoms with Gasteiger partial charge in [-0.05, 0) is 41.9 Å². The molecule has 0 radical (unpaired) electrons. The van der Waals surface area contributed by atoms with Gasteiger partial charge in [-0.1, -0.05) is 18.3 Å². The molecule has 2 rings (SSSR count). The van der Waals surface area contributed by atoms with Crippen LogP contribution in [0.3, 0.4) is 0 Å². The summed E-state index contributed by atoms with van der Waals surface area (Å²) in [6, 6.07) is 5.84. The van der Waals surface area contributed by atoms with Crippen molar-refractivity contribution in [3.63, 3.8) is 0 Å². The molecule has 6 heteroatoms. The van der Waals surface area contributed by atoms with Crippen LogP contribution in [0.25, 0.3) is 0 Å². The standard InChI is InChI=1S/C13H14BrN3S2/c1-13(2,12-16-6-7-19-12)17-9-5-3-4-8(14)10(9)11(15)18/h3-7,17H,1-2H3,(H2,15,18). The molecule has 0 bridgehead atoms. The molecule has 0 saturated carbocycles. The van der Waals surface area contributed by atoms with Crippen molar-refractivity contribution in [1.82, 2.24) is 4.98 Å². The van der Waals surface area contributed by atoms with E-state index in [1.54, 1.807) is 17.5 Å². The van der Waals surface area contributed by atoms with Crippen molar-refractivity contribution in [3.8, 4) is 0 Å². The molecule has 0 amide bonds. The minimum Gasteiger partial charge on any atom is -0.389 e. The molecule has 3 nitrogen and oxygen atoms in total. The summed E-state index contributed by atoms with van der Waals surface area (Å²) in [5, 5.41) is 6.44. The summed E-state index contributed by atoms with van der Waals surface area (Å²) in [5.74, 6) is 0. The Morgan fingerprint density at radius 3 is 2.79 bits per heavy atom. The Bertz CT molecular complexity index is 594. The summed E-state index contributed by atoms with van der Waals surface area (Å²) in [4.78, 5) is 4.73. The molecule has 19 heavy (non-hydrogen) atoms. The first-order chi connectivity index (χ1) is 8.92. The molecule has 0 atom stereocenters. The number of aromatic nitrogens is 1. The fourth-order valence-corrected chi connectivity index (χ4v) is 3.45. The average molecular weight is 356 g/mol. The number of hydrogen-bond donors (Lipinski definition) is 2. The van der Waals surface area contributed by atoms with Crippen LogP contribution in [0, 0.1) is 0 Å². The lowest BCUT2D eigenvalue weighted by Crippen LogP contribution is -2.29. The van der Waals surface area contributed by atoms with Crippen molar-refractivity contribution in [1.29, 1.82) is 0 Å². The number of rotatable bonds is 4. The SMILES string of the molecule is CC(C)(Nc1cccc(Br)c1C(N)=S)c1nccs1. The van der Waals surface area contributed by atoms with Crippen molar-refractivity contribution in [2.24, 2.45) is 5.73 Å². The van der Waals surface area contributed by atoms with E-state index in [-0.39, 0.29) is 5.54 Å². The van der Waals surface area contributed by atoms with Crippen LogP contribution in [0.2, 0.25) is 0 Å². The van der Waals surface area contributed by atoms with Gasteiger partial charge in [0.1, 0.15) is 10.00 Å². The van der Waals surface area contributed by atoms with Gasteiger partial charge >= 0.3 is 0 Å². The molecule has 3 N–H and O–H groups in total. The number of nitrogens with two attached hydrogens (primary N) is 1. The van der Waals surface area contributed by atoms with Gasteiger partial charge in [0.2, 0.25) is 0 Å². The van der Waals surface area contributed by atoms with Crippen LogP contribution in [0.15, 0.2) is 34.2 Å². The zero-order chi connectivity index (χ0) is 14.0. The van der Waals surface area contributed by atoms with Gasteiger partial charge in [0.05, 0.1) is 5.54 Å². The van der Waals surface area contributed by atoms with Crippen molar-refractivity contribution < 1.29 is 0 Å². The largest absolute Gasteiger partial charge is 0.389 e. The third-order valence-electron chi connectivity index (χ3n) is 2.67. The third kappa shape index (κ3) is 3.13. The highest BCUT2D eigenvalue weighted by Crippen LogP contribution is 2.31. The molecule has 0 aliphatic rings. The van der Waals surface area contributed by atoms with Gasteiger partial charge in [0.15, 0.2) is 0 Å². The fraction of sp³-hybridized carbons (Fsp3) is 0.231. The second-order valence-corrected chi connectivity index (χ2v) is 6.80. The van der Waals surface area contributed by atoms with Crippen LogP contribution >= 0.6 is 39.5 Å². The van der Waals surface area contributed by atoms with E-state index in [2.05, 4.69) is 40.1 Å². The molecule has 1 aromatic heterocycles. The summed E-state index contributed by atoms with van der Waals surface area (Å²) >= 11 is 10.2. The topological polar surface area (TPSA) is 50.9 Å². The molecule has 0 aliphatic heterocycles. The molecule has 100 valence electrons. The number of nitrogens with zero attached hydrogens (tertiary/aromatic N) is 1. The highest BCUT2D eigenvalue weighted by atomic mass is 79.9. The number of halogens is 1. The molecule has 0 saturated heterocycles. The van der Waals surface area contributed by atoms with Crippen LogP contribution in [0.4, 0.5) is 5.69 Å². The Hall–Kier alpha value is -0.980. The van der Waals surface area contributed by atoms with Gasteiger partial charge in [-0.2, -0.15) is 0 Å². The van der Waals surface area contributed by atoms with Gasteiger partial charge in [0.25, 0.3) is 0 Å². The molecule has 0 unspecified atom stereocenters. The lowest BCUT2D eigenvalue weighted by Gasteiger charge is -2.27. The van der Waals surface area contributed by atoms with Crippen LogP contribution in [-0.4, -0.2) is 9.97 Å². The Kier molecular flexibility index (Phi) is 4.23. The highest BCUT2D eigenvalue weighted by molar-refractivity contribution is 9.10. The molecule has 0 fully saturated rings. The number of benzene rings is 1. The van der Waals surface area contributed by atoms with E-state index in [0.717, 1.165) is 20.7 Å². The molecular weight excluding hydrogens is 342 g/mol. The Morgan fingerprint density at radius 2 is 2.21 bits per heavy atom. The van der Waals surface area contributed by atoms with E-state index in [0.29, 0.717) is 4.99 Å². The predicted molar refractivity (Wildman–Crippen MR) is 88.8 cm³/mol. The molecule has 0 spiro atoms. The zero-order valence-electron chi connectivity index (χ0n) is 10.6. The normalized spacial score (nSPS) is 11.3. The van der Waals surface area contributed by atoms with Gasteiger partial charge in [-0.15, -0.1) is 11.3 Å². The van der Waals surface area contributed by atoms with E-state index in [4.69, 9.17) is 18.0 Å². The Morgan fingerprint density at radius 1 is 1.47 bits per heavy atom. The fourth-order valence-electron chi connectivity index (χ4n) is 1.80. The van der Waals surface area contributed by atoms with Crippen molar-refractivity contribution in [2.45, 2.75) is 19.4 Å². The van der Waals surface area contributed by atoms with Gasteiger partial charge < -0.3 is 11.1 Å². The lowest BCUT2D eigenvalue weighted by atomic mass is 10.0. The van der Waals surface area contributed by atoms with Gasteiger partial charge in [-0.3, -0.25) is 0 Å². The number of anilines is 1. The first kappa shape index (κ1) is 14.4. The van der Waals surface area contributed by atoms with Crippen molar-refractivity contribution >= 4 is 50.2 Å². The summed E-state index contributed by atoms with van der Waals surface area (Å²) in [7, 11) is 0. The summed E-state index contributed by atoms with van der Waals surface area (Å²) in [6.07, 6.45) is 1.80. The summed E-state index contributed by atoms with van der Waals surface area (Å²) in [5.41, 5.74) is 7.24. The van der Waals surface area contributed by atoms with E-state index < -0.39 is 0 Å². The predicted octanol–water partition coefficient (Wildman–Crippen LogP) is 3.89. The minimum absolute atomic E-state index is 0.283. The zero-order valence-corrected chi connectivity index (χ0v) is 13.8. The second kappa shape index (κ2) is 5.56. The second-order valence-electron chi connectivity index (χ2n) is 4.61. The number of thiocarbonyl (C=S) groups is 1. The van der Waals surface area contributed by atoms with Crippen LogP contribution in [-0.2, 0) is 5.54 Å². The Balaban J connectivity index is 2.39. The van der Waals surface area contributed by atoms with E-state index in [9.17, 15) is 0 Å². The first-order valence-corrected chi connectivity index (χ1v) is 7.76. The van der Waals surface area contributed by atoms with Gasteiger partial charge in [-0.25, -0.2) is 4.98 Å². The van der Waals surface area contributed by atoms with E-state index in [1.807, 2.05) is 23.6 Å². The maximum absolute atomic E-state index is 5.80. The average Bonchev–Trinajstić information content (AvgIpc) is 2.81. The Labute approximate surface area is 130 Å². The lowest BCUT2D eigenvalue weighted by molar-refractivity contribution is 0.604. The van der Waals surface area contributed by atoms with Crippen LogP contribution in [0.1, 0.15) is 24.4 Å². The monoisotopic (exact) mass is 355 g/mol. The maximum atomic E-state index is 5.80. The van der Waals surface area contributed by atoms with Crippen molar-refractivity contribution in [3.05, 3.63) is 44.8 Å². The highest BCUT2D eigenvalue weighted by Gasteiger charge is 2.24. The van der Waals surface area contributed by atoms with Gasteiger partial charge in [0, 0.05) is 27.3 Å². The quantitative estimate of drug-likeness (QED) is 0.816. The van der Waals surface area contributed by atoms with Crippen molar-refractivity contribution in [2.75, 3.05) is 5.32 Å². The number of thiazole rings is 1. The maximum Gasteiger partial charge on any atom is 0.117 e. The van der Waals surface area contributed by atoms with Crippen LogP contribution < -0.4 is 11.1 Å². The number of hydrogen-bond acceptors (Lipinski definition) is 4. The smallest absolute Gasteiger partial charge is 0.117 e. The molecule has 1 aromatic carbocycles. The van der Waals surface area contributed by atoms with E-state index in [1.165, 1.54) is 0 Å². The molecule has 0 aliphatic carbocycles. The first-order valence-electron chi connectivity index (χ1n) is 5.68. The minimum atomic E-state index is -0.283. The summed E-state index contributed by atoms with van der Waals surface area (Å²) < 4.78 is 0.889. The molecule has 1 heterocycles.